The first-order chi connectivity index (χ1) is 5.61. The van der Waals surface area contributed by atoms with E-state index in [1.807, 2.05) is 0 Å². The van der Waals surface area contributed by atoms with Gasteiger partial charge in [-0.2, -0.15) is 0 Å². The highest BCUT2D eigenvalue weighted by Crippen LogP contribution is 1.92. The number of rotatable bonds is 4. The molecule has 0 aliphatic carbocycles. The fourth-order valence-electron chi connectivity index (χ4n) is 0.519. The van der Waals surface area contributed by atoms with Crippen LogP contribution in [-0.2, 0) is 9.53 Å². The minimum Gasteiger partial charge on any atom is -0.494 e. The van der Waals surface area contributed by atoms with E-state index in [4.69, 9.17) is 5.11 Å². The zero-order valence-electron chi connectivity index (χ0n) is 6.91. The highest BCUT2D eigenvalue weighted by atomic mass is 16.5. The molecule has 4 heteroatoms. The summed E-state index contributed by atoms with van der Waals surface area (Å²) in [6, 6.07) is 0. The molecule has 0 aliphatic heterocycles. The van der Waals surface area contributed by atoms with E-state index >= 15 is 0 Å². The van der Waals surface area contributed by atoms with Crippen LogP contribution >= 0.6 is 0 Å². The van der Waals surface area contributed by atoms with E-state index in [0.29, 0.717) is 0 Å². The Hall–Kier alpha value is -1.58. The Kier molecular flexibility index (Phi) is 4.45. The van der Waals surface area contributed by atoms with Crippen molar-refractivity contribution in [2.45, 2.75) is 6.92 Å². The van der Waals surface area contributed by atoms with Crippen molar-refractivity contribution in [3.63, 3.8) is 0 Å². The number of nitrogens with zero attached hydrogens (tertiary/aromatic N) is 1. The largest absolute Gasteiger partial charge is 0.494 e. The molecule has 0 spiro atoms. The molecular weight excluding hydrogens is 158 g/mol. The van der Waals surface area contributed by atoms with Crippen LogP contribution < -0.4 is 0 Å². The van der Waals surface area contributed by atoms with Crippen molar-refractivity contribution in [1.29, 1.82) is 0 Å². The van der Waals surface area contributed by atoms with Crippen LogP contribution in [0.15, 0.2) is 30.1 Å². The van der Waals surface area contributed by atoms with Gasteiger partial charge in [0.05, 0.1) is 6.61 Å². The second-order valence-electron chi connectivity index (χ2n) is 1.84. The Morgan fingerprint density at radius 2 is 2.33 bits per heavy atom. The van der Waals surface area contributed by atoms with Crippen molar-refractivity contribution in [1.82, 2.24) is 0 Å². The molecule has 0 unspecified atom stereocenters. The van der Waals surface area contributed by atoms with Crippen molar-refractivity contribution in [2.24, 2.45) is 4.99 Å². The van der Waals surface area contributed by atoms with Gasteiger partial charge in [-0.15, -0.1) is 0 Å². The van der Waals surface area contributed by atoms with Gasteiger partial charge in [-0.05, 0) is 19.6 Å². The molecule has 0 saturated heterocycles. The van der Waals surface area contributed by atoms with Crippen LogP contribution in [0.1, 0.15) is 6.92 Å². The minimum atomic E-state index is -0.622. The number of hydrogen-bond acceptors (Lipinski definition) is 4. The summed E-state index contributed by atoms with van der Waals surface area (Å²) in [6.45, 7) is 8.36. The van der Waals surface area contributed by atoms with E-state index in [0.717, 1.165) is 0 Å². The number of carbonyl (C=O) groups is 1. The van der Waals surface area contributed by atoms with Crippen LogP contribution in [-0.4, -0.2) is 23.4 Å². The van der Waals surface area contributed by atoms with E-state index in [1.54, 1.807) is 6.92 Å². The second kappa shape index (κ2) is 5.12. The van der Waals surface area contributed by atoms with Gasteiger partial charge in [0.25, 0.3) is 0 Å². The fraction of sp³-hybridized carbons (Fsp3) is 0.250. The Morgan fingerprint density at radius 1 is 1.75 bits per heavy atom. The first-order valence-electron chi connectivity index (χ1n) is 3.38. The van der Waals surface area contributed by atoms with E-state index < -0.39 is 11.9 Å². The lowest BCUT2D eigenvalue weighted by atomic mass is 10.4. The number of ether oxygens (including phenoxy) is 1. The highest BCUT2D eigenvalue weighted by molar-refractivity contribution is 6.41. The summed E-state index contributed by atoms with van der Waals surface area (Å²) in [5, 5.41) is 8.63. The molecule has 0 aromatic carbocycles. The van der Waals surface area contributed by atoms with Gasteiger partial charge in [0.2, 0.25) is 5.88 Å². The lowest BCUT2D eigenvalue weighted by molar-refractivity contribution is -0.134. The number of aliphatic hydroxyl groups is 1. The fourth-order valence-corrected chi connectivity index (χ4v) is 0.519. The third kappa shape index (κ3) is 3.55. The maximum Gasteiger partial charge on any atom is 0.357 e. The van der Waals surface area contributed by atoms with Gasteiger partial charge in [0, 0.05) is 0 Å². The number of aliphatic hydroxyl groups excluding tert-OH is 1. The number of esters is 1. The van der Waals surface area contributed by atoms with E-state index in [-0.39, 0.29) is 12.3 Å². The molecule has 0 atom stereocenters. The lowest BCUT2D eigenvalue weighted by Crippen LogP contribution is -2.15. The van der Waals surface area contributed by atoms with Gasteiger partial charge in [0.1, 0.15) is 0 Å². The molecule has 66 valence electrons. The van der Waals surface area contributed by atoms with Crippen molar-refractivity contribution in [3.8, 4) is 0 Å². The monoisotopic (exact) mass is 169 g/mol. The number of aliphatic imine (C=N–C) groups is 1. The Labute approximate surface area is 70.9 Å². The van der Waals surface area contributed by atoms with Gasteiger partial charge >= 0.3 is 5.97 Å². The zero-order valence-corrected chi connectivity index (χ0v) is 6.91. The molecule has 0 fully saturated rings. The predicted molar refractivity (Wildman–Crippen MR) is 46.0 cm³/mol. The Morgan fingerprint density at radius 3 is 2.67 bits per heavy atom. The molecule has 0 heterocycles. The SMILES string of the molecule is C=CC(=NC(=C)O)C(=O)OCC. The molecule has 12 heavy (non-hydrogen) atoms. The lowest BCUT2D eigenvalue weighted by Gasteiger charge is -1.99. The third-order valence-corrected chi connectivity index (χ3v) is 0.927. The molecule has 4 nitrogen and oxygen atoms in total. The molecule has 0 aromatic rings. The molecule has 0 aromatic heterocycles. The minimum absolute atomic E-state index is 0.0515. The van der Waals surface area contributed by atoms with Crippen molar-refractivity contribution in [3.05, 3.63) is 25.1 Å². The molecule has 0 rings (SSSR count). The molecular formula is C8H11NO3. The summed E-state index contributed by atoms with van der Waals surface area (Å²) in [4.78, 5) is 14.3. The quantitative estimate of drug-likeness (QED) is 0.391. The van der Waals surface area contributed by atoms with Gasteiger partial charge < -0.3 is 9.84 Å². The maximum atomic E-state index is 10.9. The molecule has 0 saturated carbocycles. The second-order valence-corrected chi connectivity index (χ2v) is 1.84. The van der Waals surface area contributed by atoms with E-state index in [2.05, 4.69) is 22.9 Å². The van der Waals surface area contributed by atoms with Crippen LogP contribution in [0, 0.1) is 0 Å². The zero-order chi connectivity index (χ0) is 9.56. The normalized spacial score (nSPS) is 10.6. The summed E-state index contributed by atoms with van der Waals surface area (Å²) in [7, 11) is 0. The molecule has 0 radical (unpaired) electrons. The summed E-state index contributed by atoms with van der Waals surface area (Å²) in [5.74, 6) is -1.07. The third-order valence-electron chi connectivity index (χ3n) is 0.927. The summed E-state index contributed by atoms with van der Waals surface area (Å²) >= 11 is 0. The van der Waals surface area contributed by atoms with Gasteiger partial charge in [-0.1, -0.05) is 6.58 Å². The van der Waals surface area contributed by atoms with E-state index in [1.165, 1.54) is 6.08 Å². The first kappa shape index (κ1) is 10.4. The van der Waals surface area contributed by atoms with E-state index in [9.17, 15) is 4.79 Å². The molecule has 0 aliphatic rings. The smallest absolute Gasteiger partial charge is 0.357 e. The predicted octanol–water partition coefficient (Wildman–Crippen LogP) is 1.21. The topological polar surface area (TPSA) is 58.9 Å². The van der Waals surface area contributed by atoms with Gasteiger partial charge in [-0.25, -0.2) is 9.79 Å². The summed E-state index contributed by atoms with van der Waals surface area (Å²) < 4.78 is 4.60. The standard InChI is InChI=1S/C8H11NO3/c1-4-7(9-6(3)10)8(11)12-5-2/h4,10H,1,3,5H2,2H3. The van der Waals surface area contributed by atoms with Crippen LogP contribution in [0.25, 0.3) is 0 Å². The van der Waals surface area contributed by atoms with Crippen molar-refractivity contribution >= 4 is 11.7 Å². The summed E-state index contributed by atoms with van der Waals surface area (Å²) in [6.07, 6.45) is 1.19. The highest BCUT2D eigenvalue weighted by Gasteiger charge is 2.07. The molecule has 0 amide bonds. The Balaban J connectivity index is 4.44. The molecule has 0 bridgehead atoms. The van der Waals surface area contributed by atoms with Crippen LogP contribution in [0.4, 0.5) is 0 Å². The average Bonchev–Trinajstić information content (AvgIpc) is 2.00. The van der Waals surface area contributed by atoms with Gasteiger partial charge in [0.15, 0.2) is 5.71 Å². The average molecular weight is 169 g/mol. The number of carbonyl (C=O) groups excluding carboxylic acids is 1. The first-order valence-corrected chi connectivity index (χ1v) is 3.38. The van der Waals surface area contributed by atoms with Crippen LogP contribution in [0.2, 0.25) is 0 Å². The maximum absolute atomic E-state index is 10.9. The Bertz CT molecular complexity index is 230. The van der Waals surface area contributed by atoms with Crippen molar-refractivity contribution in [2.75, 3.05) is 6.61 Å². The molecule has 1 N–H and O–H groups in total. The number of hydrogen-bond donors (Lipinski definition) is 1. The van der Waals surface area contributed by atoms with Crippen LogP contribution in [0.3, 0.4) is 0 Å². The summed E-state index contributed by atoms with van der Waals surface area (Å²) in [5.41, 5.74) is -0.0515. The van der Waals surface area contributed by atoms with Crippen LogP contribution in [0.5, 0.6) is 0 Å². The van der Waals surface area contributed by atoms with Gasteiger partial charge in [-0.3, -0.25) is 0 Å². The van der Waals surface area contributed by atoms with Crippen molar-refractivity contribution < 1.29 is 14.6 Å².